The van der Waals surface area contributed by atoms with Gasteiger partial charge in [0.15, 0.2) is 0 Å². The SMILES string of the molecule is O=C1C2CCCN2C(=O)CCN1c1cc(F)cc(F)c1. The van der Waals surface area contributed by atoms with Gasteiger partial charge in [0.25, 0.3) is 0 Å². The summed E-state index contributed by atoms with van der Waals surface area (Å²) in [7, 11) is 0. The Hall–Kier alpha value is -1.98. The summed E-state index contributed by atoms with van der Waals surface area (Å²) in [5.74, 6) is -1.78. The second-order valence-electron chi connectivity index (χ2n) is 5.11. The lowest BCUT2D eigenvalue weighted by Crippen LogP contribution is -2.43. The minimum atomic E-state index is -0.730. The van der Waals surface area contributed by atoms with Gasteiger partial charge < -0.3 is 9.80 Å². The predicted octanol–water partition coefficient (Wildman–Crippen LogP) is 1.69. The first-order chi connectivity index (χ1) is 9.56. The zero-order valence-corrected chi connectivity index (χ0v) is 10.8. The molecular formula is C14H14F2N2O2. The van der Waals surface area contributed by atoms with Crippen LogP contribution in [0.15, 0.2) is 18.2 Å². The molecule has 0 N–H and O–H groups in total. The van der Waals surface area contributed by atoms with Crippen LogP contribution in [-0.4, -0.2) is 35.8 Å². The first kappa shape index (κ1) is 13.0. The van der Waals surface area contributed by atoms with Crippen LogP contribution in [0.1, 0.15) is 19.3 Å². The third-order valence-electron chi connectivity index (χ3n) is 3.83. The van der Waals surface area contributed by atoms with Crippen molar-refractivity contribution in [2.45, 2.75) is 25.3 Å². The lowest BCUT2D eigenvalue weighted by molar-refractivity contribution is -0.135. The standard InChI is InChI=1S/C14H14F2N2O2/c15-9-6-10(16)8-11(7-9)17-5-3-13(19)18-4-1-2-12(18)14(17)20/h6-8,12H,1-5H2. The highest BCUT2D eigenvalue weighted by molar-refractivity contribution is 6.01. The quantitative estimate of drug-likeness (QED) is 0.785. The van der Waals surface area contributed by atoms with Crippen LogP contribution in [0.4, 0.5) is 14.5 Å². The average Bonchev–Trinajstić information content (AvgIpc) is 2.82. The van der Waals surface area contributed by atoms with E-state index in [1.807, 2.05) is 0 Å². The number of anilines is 1. The Balaban J connectivity index is 1.96. The molecule has 2 saturated heterocycles. The fourth-order valence-corrected chi connectivity index (χ4v) is 2.91. The molecule has 20 heavy (non-hydrogen) atoms. The number of nitrogens with zero attached hydrogens (tertiary/aromatic N) is 2. The number of hydrogen-bond donors (Lipinski definition) is 0. The van der Waals surface area contributed by atoms with Gasteiger partial charge in [-0.1, -0.05) is 0 Å². The van der Waals surface area contributed by atoms with Gasteiger partial charge in [0.1, 0.15) is 17.7 Å². The van der Waals surface area contributed by atoms with E-state index in [4.69, 9.17) is 0 Å². The van der Waals surface area contributed by atoms with Crippen molar-refractivity contribution in [1.82, 2.24) is 4.90 Å². The summed E-state index contributed by atoms with van der Waals surface area (Å²) >= 11 is 0. The van der Waals surface area contributed by atoms with Crippen LogP contribution < -0.4 is 4.90 Å². The third-order valence-corrected chi connectivity index (χ3v) is 3.83. The number of benzene rings is 1. The lowest BCUT2D eigenvalue weighted by atomic mass is 10.2. The van der Waals surface area contributed by atoms with Gasteiger partial charge in [-0.3, -0.25) is 9.59 Å². The molecule has 2 amide bonds. The Labute approximate surface area is 115 Å². The number of carbonyl (C=O) groups excluding carboxylic acids is 2. The highest BCUT2D eigenvalue weighted by Crippen LogP contribution is 2.27. The van der Waals surface area contributed by atoms with Gasteiger partial charge in [0, 0.05) is 31.3 Å². The topological polar surface area (TPSA) is 40.6 Å². The molecule has 1 aromatic carbocycles. The number of hydrogen-bond acceptors (Lipinski definition) is 2. The van der Waals surface area contributed by atoms with E-state index in [1.54, 1.807) is 4.90 Å². The molecule has 0 aromatic heterocycles. The zero-order valence-electron chi connectivity index (χ0n) is 10.8. The minimum absolute atomic E-state index is 0.0692. The molecule has 4 nitrogen and oxygen atoms in total. The van der Waals surface area contributed by atoms with E-state index in [9.17, 15) is 18.4 Å². The van der Waals surface area contributed by atoms with Gasteiger partial charge in [0.2, 0.25) is 11.8 Å². The van der Waals surface area contributed by atoms with E-state index in [-0.39, 0.29) is 30.5 Å². The average molecular weight is 280 g/mol. The summed E-state index contributed by atoms with van der Waals surface area (Å²) in [4.78, 5) is 27.3. The van der Waals surface area contributed by atoms with Crippen LogP contribution in [0.5, 0.6) is 0 Å². The molecule has 0 bridgehead atoms. The second-order valence-corrected chi connectivity index (χ2v) is 5.11. The Morgan fingerprint density at radius 1 is 1.05 bits per heavy atom. The molecule has 1 aromatic rings. The summed E-state index contributed by atoms with van der Waals surface area (Å²) in [5.41, 5.74) is 0.175. The number of fused-ring (bicyclic) bond motifs is 1. The Bertz CT molecular complexity index is 556. The molecule has 106 valence electrons. The van der Waals surface area contributed by atoms with Crippen LogP contribution >= 0.6 is 0 Å². The van der Waals surface area contributed by atoms with Crippen molar-refractivity contribution in [2.24, 2.45) is 0 Å². The van der Waals surface area contributed by atoms with Gasteiger partial charge in [0.05, 0.1) is 0 Å². The molecule has 2 aliphatic heterocycles. The van der Waals surface area contributed by atoms with Crippen molar-refractivity contribution in [3.63, 3.8) is 0 Å². The molecule has 2 heterocycles. The minimum Gasteiger partial charge on any atom is -0.331 e. The first-order valence-corrected chi connectivity index (χ1v) is 6.63. The number of rotatable bonds is 1. The smallest absolute Gasteiger partial charge is 0.249 e. The summed E-state index contributed by atoms with van der Waals surface area (Å²) in [5, 5.41) is 0. The molecule has 2 fully saturated rings. The lowest BCUT2D eigenvalue weighted by Gasteiger charge is -2.25. The largest absolute Gasteiger partial charge is 0.331 e. The summed E-state index contributed by atoms with van der Waals surface area (Å²) < 4.78 is 26.6. The fourth-order valence-electron chi connectivity index (χ4n) is 2.91. The molecule has 0 spiro atoms. The summed E-state index contributed by atoms with van der Waals surface area (Å²) in [6.45, 7) is 0.744. The molecule has 1 unspecified atom stereocenters. The summed E-state index contributed by atoms with van der Waals surface area (Å²) in [6.07, 6.45) is 1.58. The monoisotopic (exact) mass is 280 g/mol. The van der Waals surface area contributed by atoms with E-state index >= 15 is 0 Å². The van der Waals surface area contributed by atoms with E-state index < -0.39 is 17.7 Å². The van der Waals surface area contributed by atoms with Crippen molar-refractivity contribution >= 4 is 17.5 Å². The van der Waals surface area contributed by atoms with E-state index in [0.29, 0.717) is 13.0 Å². The predicted molar refractivity (Wildman–Crippen MR) is 68.1 cm³/mol. The third kappa shape index (κ3) is 2.15. The maximum atomic E-state index is 13.3. The van der Waals surface area contributed by atoms with Crippen molar-refractivity contribution in [1.29, 1.82) is 0 Å². The molecule has 1 atom stereocenters. The number of carbonyl (C=O) groups is 2. The van der Waals surface area contributed by atoms with Crippen molar-refractivity contribution in [3.05, 3.63) is 29.8 Å². The van der Waals surface area contributed by atoms with Gasteiger partial charge >= 0.3 is 0 Å². The van der Waals surface area contributed by atoms with E-state index in [0.717, 1.165) is 24.6 Å². The van der Waals surface area contributed by atoms with E-state index in [1.165, 1.54) is 4.90 Å². The zero-order chi connectivity index (χ0) is 14.3. The van der Waals surface area contributed by atoms with Crippen molar-refractivity contribution < 1.29 is 18.4 Å². The van der Waals surface area contributed by atoms with Crippen molar-refractivity contribution in [3.8, 4) is 0 Å². The molecule has 0 saturated carbocycles. The molecule has 6 heteroatoms. The van der Waals surface area contributed by atoms with Crippen LogP contribution in [0.3, 0.4) is 0 Å². The van der Waals surface area contributed by atoms with Crippen LogP contribution in [-0.2, 0) is 9.59 Å². The van der Waals surface area contributed by atoms with Gasteiger partial charge in [-0.2, -0.15) is 0 Å². The molecule has 3 rings (SSSR count). The molecule has 0 aliphatic carbocycles. The fraction of sp³-hybridized carbons (Fsp3) is 0.429. The van der Waals surface area contributed by atoms with Crippen molar-refractivity contribution in [2.75, 3.05) is 18.0 Å². The second kappa shape index (κ2) is 4.85. The van der Waals surface area contributed by atoms with Crippen LogP contribution in [0, 0.1) is 11.6 Å². The van der Waals surface area contributed by atoms with Gasteiger partial charge in [-0.15, -0.1) is 0 Å². The molecular weight excluding hydrogens is 266 g/mol. The normalized spacial score (nSPS) is 23.0. The summed E-state index contributed by atoms with van der Waals surface area (Å²) in [6, 6.07) is 2.52. The molecule has 0 radical (unpaired) electrons. The molecule has 2 aliphatic rings. The number of halogens is 2. The van der Waals surface area contributed by atoms with Crippen LogP contribution in [0.25, 0.3) is 0 Å². The Morgan fingerprint density at radius 2 is 1.75 bits per heavy atom. The Morgan fingerprint density at radius 3 is 2.45 bits per heavy atom. The van der Waals surface area contributed by atoms with E-state index in [2.05, 4.69) is 0 Å². The van der Waals surface area contributed by atoms with Gasteiger partial charge in [-0.25, -0.2) is 8.78 Å². The highest BCUT2D eigenvalue weighted by Gasteiger charge is 2.39. The van der Waals surface area contributed by atoms with Crippen LogP contribution in [0.2, 0.25) is 0 Å². The van der Waals surface area contributed by atoms with Gasteiger partial charge in [-0.05, 0) is 25.0 Å². The first-order valence-electron chi connectivity index (χ1n) is 6.63. The number of amides is 2. The Kier molecular flexibility index (Phi) is 3.16. The highest BCUT2D eigenvalue weighted by atomic mass is 19.1. The maximum absolute atomic E-state index is 13.3. The maximum Gasteiger partial charge on any atom is 0.249 e.